The van der Waals surface area contributed by atoms with Crippen LogP contribution in [0.1, 0.15) is 0 Å². The lowest BCUT2D eigenvalue weighted by Crippen LogP contribution is -2.29. The second-order valence-electron chi connectivity index (χ2n) is 21.1. The predicted molar refractivity (Wildman–Crippen MR) is 359 cm³/mol. The largest absolute Gasteiger partial charge is 0.488 e. The molecule has 0 aliphatic heterocycles. The van der Waals surface area contributed by atoms with Gasteiger partial charge in [-0.15, -0.1) is 20.4 Å². The Hall–Kier alpha value is -10.6. The molecular formula is C76H52BBrN6O2. The Morgan fingerprint density at radius 3 is 1.03 bits per heavy atom. The zero-order valence-electron chi connectivity index (χ0n) is 46.4. The molecule has 16 rings (SSSR count). The maximum atomic E-state index is 9.15. The van der Waals surface area contributed by atoms with Gasteiger partial charge in [0, 0.05) is 37.5 Å². The zero-order chi connectivity index (χ0) is 57.9. The fourth-order valence-electron chi connectivity index (χ4n) is 11.4. The molecule has 2 N–H and O–H groups in total. The predicted octanol–water partition coefficient (Wildman–Crippen LogP) is 17.9. The highest BCUT2D eigenvalue weighted by molar-refractivity contribution is 9.10. The van der Waals surface area contributed by atoms with Crippen LogP contribution in [0, 0.1) is 0 Å². The fourth-order valence-corrected chi connectivity index (χ4v) is 11.7. The summed E-state index contributed by atoms with van der Waals surface area (Å²) in [5.41, 5.74) is 9.11. The molecule has 0 saturated heterocycles. The lowest BCUT2D eigenvalue weighted by Gasteiger charge is -2.14. The highest BCUT2D eigenvalue weighted by Crippen LogP contribution is 2.36. The van der Waals surface area contributed by atoms with Crippen molar-refractivity contribution in [1.82, 2.24) is 29.5 Å². The molecule has 0 saturated carbocycles. The van der Waals surface area contributed by atoms with Crippen molar-refractivity contribution < 1.29 is 10.0 Å². The van der Waals surface area contributed by atoms with Gasteiger partial charge in [-0.05, 0) is 125 Å². The van der Waals surface area contributed by atoms with E-state index in [1.54, 1.807) is 6.07 Å². The minimum atomic E-state index is -1.41. The summed E-state index contributed by atoms with van der Waals surface area (Å²) in [5, 5.41) is 51.1. The number of hydrogen-bond acceptors (Lipinski definition) is 6. The van der Waals surface area contributed by atoms with Gasteiger partial charge >= 0.3 is 7.12 Å². The van der Waals surface area contributed by atoms with E-state index in [2.05, 4.69) is 260 Å². The molecule has 0 atom stereocenters. The first kappa shape index (κ1) is 53.4. The number of nitrogens with zero attached hydrogens (tertiary/aromatic N) is 6. The van der Waals surface area contributed by atoms with Crippen LogP contribution in [-0.4, -0.2) is 46.7 Å². The Labute approximate surface area is 505 Å². The summed E-state index contributed by atoms with van der Waals surface area (Å²) < 4.78 is 5.38. The van der Waals surface area contributed by atoms with Gasteiger partial charge in [0.05, 0.1) is 11.4 Å². The lowest BCUT2D eigenvalue weighted by atomic mass is 9.79. The second-order valence-corrected chi connectivity index (χ2v) is 22.0. The summed E-state index contributed by atoms with van der Waals surface area (Å²) in [6, 6.07) is 104. The maximum absolute atomic E-state index is 9.15. The molecule has 86 heavy (non-hydrogen) atoms. The van der Waals surface area contributed by atoms with Gasteiger partial charge in [-0.2, -0.15) is 0 Å². The van der Waals surface area contributed by atoms with Crippen LogP contribution in [0.25, 0.3) is 133 Å². The quantitative estimate of drug-likeness (QED) is 0.116. The standard InChI is InChI=1S/C38H25N3.C24H16BrN3.C14H11BO2/c1-2-10-28(11-3-1)37-39-40-38(41(37)36-16-8-14-27-9-6-7-15-35(27)36)29-19-17-26(18-20-29)32-21-22-33-23-30-12-4-5-13-31(30)24-34(33)25-32;25-20-15-13-19(14-16-20)24-27-26-23(18-8-2-1-3-9-18)28(24)22-12-6-10-17-7-4-5-11-21(17)22;16-15(17)14-6-5-12-7-10-3-1-2-4-11(10)8-13(12)9-14/h1-25H;1-16H;1-9,16-17H. The summed E-state index contributed by atoms with van der Waals surface area (Å²) in [6.07, 6.45) is 0. The molecule has 0 spiro atoms. The number of halogens is 1. The third kappa shape index (κ3) is 10.7. The van der Waals surface area contributed by atoms with Gasteiger partial charge in [0.2, 0.25) is 0 Å². The molecule has 0 unspecified atom stereocenters. The molecule has 16 aromatic rings. The van der Waals surface area contributed by atoms with Crippen molar-refractivity contribution in [2.24, 2.45) is 0 Å². The zero-order valence-corrected chi connectivity index (χ0v) is 48.0. The van der Waals surface area contributed by atoms with E-state index in [0.717, 1.165) is 82.9 Å². The van der Waals surface area contributed by atoms with Crippen molar-refractivity contribution in [1.29, 1.82) is 0 Å². The molecule has 8 nitrogen and oxygen atoms in total. The molecule has 0 aliphatic rings. The van der Waals surface area contributed by atoms with Crippen molar-refractivity contribution in [2.75, 3.05) is 0 Å². The number of fused-ring (bicyclic) bond motifs is 6. The molecular weight excluding hydrogens is 1120 g/mol. The van der Waals surface area contributed by atoms with Gasteiger partial charge in [0.15, 0.2) is 23.3 Å². The Kier molecular flexibility index (Phi) is 14.6. The van der Waals surface area contributed by atoms with E-state index in [9.17, 15) is 0 Å². The van der Waals surface area contributed by atoms with Gasteiger partial charge < -0.3 is 10.0 Å². The van der Waals surface area contributed by atoms with E-state index >= 15 is 0 Å². The number of rotatable bonds is 8. The highest BCUT2D eigenvalue weighted by atomic mass is 79.9. The van der Waals surface area contributed by atoms with E-state index in [-0.39, 0.29) is 0 Å². The van der Waals surface area contributed by atoms with Crippen molar-refractivity contribution in [3.05, 3.63) is 308 Å². The van der Waals surface area contributed by atoms with Crippen LogP contribution < -0.4 is 5.46 Å². The van der Waals surface area contributed by atoms with Crippen LogP contribution in [0.3, 0.4) is 0 Å². The minimum Gasteiger partial charge on any atom is -0.423 e. The first-order valence-corrected chi connectivity index (χ1v) is 29.2. The highest BCUT2D eigenvalue weighted by Gasteiger charge is 2.21. The summed E-state index contributed by atoms with van der Waals surface area (Å²) in [5.74, 6) is 3.29. The Bertz CT molecular complexity index is 5100. The average Bonchev–Trinajstić information content (AvgIpc) is 3.12. The van der Waals surface area contributed by atoms with Gasteiger partial charge in [-0.1, -0.05) is 265 Å². The Morgan fingerprint density at radius 2 is 0.581 bits per heavy atom. The molecule has 0 bridgehead atoms. The number of hydrogen-bond donors (Lipinski definition) is 2. The third-order valence-electron chi connectivity index (χ3n) is 15.7. The van der Waals surface area contributed by atoms with Crippen LogP contribution in [-0.2, 0) is 0 Å². The van der Waals surface area contributed by atoms with Crippen molar-refractivity contribution in [3.63, 3.8) is 0 Å². The van der Waals surface area contributed by atoms with Gasteiger partial charge in [-0.3, -0.25) is 9.13 Å². The first-order chi connectivity index (χ1) is 42.4. The molecule has 2 heterocycles. The Morgan fingerprint density at radius 1 is 0.256 bits per heavy atom. The van der Waals surface area contributed by atoms with E-state index < -0.39 is 7.12 Å². The van der Waals surface area contributed by atoms with Gasteiger partial charge in [-0.25, -0.2) is 0 Å². The topological polar surface area (TPSA) is 102 Å². The normalized spacial score (nSPS) is 11.2. The van der Waals surface area contributed by atoms with Crippen LogP contribution in [0.4, 0.5) is 0 Å². The number of benzene rings is 14. The van der Waals surface area contributed by atoms with E-state index in [1.165, 1.54) is 54.2 Å². The van der Waals surface area contributed by atoms with Crippen molar-refractivity contribution in [3.8, 4) is 68.1 Å². The molecule has 0 fully saturated rings. The Balaban J connectivity index is 0.000000125. The molecule has 0 radical (unpaired) electrons. The van der Waals surface area contributed by atoms with Gasteiger partial charge in [0.1, 0.15) is 0 Å². The summed E-state index contributed by atoms with van der Waals surface area (Å²) >= 11 is 3.51. The van der Waals surface area contributed by atoms with E-state index in [1.807, 2.05) is 72.8 Å². The molecule has 0 aliphatic carbocycles. The lowest BCUT2D eigenvalue weighted by molar-refractivity contribution is 0.426. The van der Waals surface area contributed by atoms with Crippen LogP contribution in [0.2, 0.25) is 0 Å². The maximum Gasteiger partial charge on any atom is 0.488 e. The van der Waals surface area contributed by atoms with E-state index in [0.29, 0.717) is 5.46 Å². The summed E-state index contributed by atoms with van der Waals surface area (Å²) in [6.45, 7) is 0. The van der Waals surface area contributed by atoms with Crippen LogP contribution in [0.5, 0.6) is 0 Å². The van der Waals surface area contributed by atoms with Crippen molar-refractivity contribution in [2.45, 2.75) is 0 Å². The van der Waals surface area contributed by atoms with Gasteiger partial charge in [0.25, 0.3) is 0 Å². The summed E-state index contributed by atoms with van der Waals surface area (Å²) in [7, 11) is -1.41. The third-order valence-corrected chi connectivity index (χ3v) is 16.2. The van der Waals surface area contributed by atoms with Crippen LogP contribution in [0.15, 0.2) is 308 Å². The molecule has 14 aromatic carbocycles. The van der Waals surface area contributed by atoms with E-state index in [4.69, 9.17) is 20.2 Å². The SMILES string of the molecule is Brc1ccc(-c2nnc(-c3ccccc3)n2-c2cccc3ccccc23)cc1.OB(O)c1ccc2cc3ccccc3cc2c1.c1ccc(-c2nnc(-c3ccc(-c4ccc5cc6ccccc6cc5c4)cc3)n2-c2cccc3ccccc23)cc1. The molecule has 10 heteroatoms. The molecule has 0 amide bonds. The fraction of sp³-hybridized carbons (Fsp3) is 0. The number of aromatic nitrogens is 6. The van der Waals surface area contributed by atoms with Crippen LogP contribution >= 0.6 is 15.9 Å². The average molecular weight is 1170 g/mol. The van der Waals surface area contributed by atoms with Crippen molar-refractivity contribution >= 4 is 93.1 Å². The molecule has 408 valence electrons. The second kappa shape index (κ2) is 23.6. The minimum absolute atomic E-state index is 0.521. The smallest absolute Gasteiger partial charge is 0.423 e. The monoisotopic (exact) mass is 1170 g/mol. The summed E-state index contributed by atoms with van der Waals surface area (Å²) in [4.78, 5) is 0. The molecule has 2 aromatic heterocycles. The first-order valence-electron chi connectivity index (χ1n) is 28.4.